The maximum atomic E-state index is 13.9. The summed E-state index contributed by atoms with van der Waals surface area (Å²) in [7, 11) is 0. The van der Waals surface area contributed by atoms with Crippen LogP contribution in [0.5, 0.6) is 0 Å². The molecule has 1 atom stereocenters. The number of amides is 2. The predicted molar refractivity (Wildman–Crippen MR) is 103 cm³/mol. The molecule has 1 unspecified atom stereocenters. The zero-order valence-corrected chi connectivity index (χ0v) is 15.4. The average Bonchev–Trinajstić information content (AvgIpc) is 3.34. The normalized spacial score (nSPS) is 16.3. The first-order valence-corrected chi connectivity index (χ1v) is 9.18. The highest BCUT2D eigenvalue weighted by Gasteiger charge is 2.36. The molecule has 2 heterocycles. The Bertz CT molecular complexity index is 1050. The fourth-order valence-corrected chi connectivity index (χ4v) is 3.35. The van der Waals surface area contributed by atoms with Gasteiger partial charge in [-0.3, -0.25) is 9.59 Å². The summed E-state index contributed by atoms with van der Waals surface area (Å²) in [4.78, 5) is 26.0. The molecule has 0 spiro atoms. The number of nitrogens with zero attached hydrogens (tertiary/aromatic N) is 1. The van der Waals surface area contributed by atoms with Gasteiger partial charge in [-0.2, -0.15) is 0 Å². The molecule has 7 heteroatoms. The van der Waals surface area contributed by atoms with Crippen molar-refractivity contribution in [1.82, 2.24) is 5.32 Å². The number of nitrogens with one attached hydrogen (secondary N) is 1. The van der Waals surface area contributed by atoms with Gasteiger partial charge in [0.1, 0.15) is 23.2 Å². The number of benzene rings is 2. The minimum Gasteiger partial charge on any atom is -0.459 e. The van der Waals surface area contributed by atoms with Crippen LogP contribution in [0.2, 0.25) is 0 Å². The average molecular weight is 396 g/mol. The van der Waals surface area contributed by atoms with Gasteiger partial charge in [0.25, 0.3) is 0 Å². The Morgan fingerprint density at radius 1 is 1.07 bits per heavy atom. The number of hydrogen-bond acceptors (Lipinski definition) is 3. The zero-order valence-electron chi connectivity index (χ0n) is 15.4. The van der Waals surface area contributed by atoms with E-state index in [1.807, 2.05) is 0 Å². The maximum absolute atomic E-state index is 13.9. The van der Waals surface area contributed by atoms with Gasteiger partial charge >= 0.3 is 0 Å². The van der Waals surface area contributed by atoms with Crippen LogP contribution in [0.15, 0.2) is 65.1 Å². The lowest BCUT2D eigenvalue weighted by atomic mass is 10.1. The van der Waals surface area contributed by atoms with E-state index >= 15 is 0 Å². The predicted octanol–water partition coefficient (Wildman–Crippen LogP) is 3.89. The molecule has 3 aromatic rings. The van der Waals surface area contributed by atoms with Gasteiger partial charge < -0.3 is 14.6 Å². The first kappa shape index (κ1) is 18.9. The van der Waals surface area contributed by atoms with E-state index in [4.69, 9.17) is 4.42 Å². The molecule has 1 fully saturated rings. The summed E-state index contributed by atoms with van der Waals surface area (Å²) in [5, 5.41) is 2.76. The number of hydrogen-bond donors (Lipinski definition) is 1. The van der Waals surface area contributed by atoms with Crippen LogP contribution in [0.25, 0.3) is 11.3 Å². The lowest BCUT2D eigenvalue weighted by Crippen LogP contribution is -2.32. The van der Waals surface area contributed by atoms with Crippen molar-refractivity contribution in [1.29, 1.82) is 0 Å². The maximum Gasteiger partial charge on any atom is 0.227 e. The van der Waals surface area contributed by atoms with Gasteiger partial charge in [-0.1, -0.05) is 12.1 Å². The highest BCUT2D eigenvalue weighted by molar-refractivity contribution is 6.00. The second kappa shape index (κ2) is 7.87. The molecule has 148 valence electrons. The van der Waals surface area contributed by atoms with Crippen LogP contribution in [0.1, 0.15) is 12.2 Å². The fourth-order valence-electron chi connectivity index (χ4n) is 3.35. The van der Waals surface area contributed by atoms with Crippen molar-refractivity contribution in [3.63, 3.8) is 0 Å². The summed E-state index contributed by atoms with van der Waals surface area (Å²) in [5.41, 5.74) is 0.911. The van der Waals surface area contributed by atoms with E-state index < -0.39 is 11.7 Å². The molecule has 2 aromatic carbocycles. The number of carbonyl (C=O) groups is 2. The molecule has 2 amide bonds. The third-order valence-corrected chi connectivity index (χ3v) is 4.87. The summed E-state index contributed by atoms with van der Waals surface area (Å²) < 4.78 is 32.7. The van der Waals surface area contributed by atoms with Gasteiger partial charge in [-0.25, -0.2) is 8.78 Å². The molecular formula is C22H18F2N2O3. The van der Waals surface area contributed by atoms with Crippen molar-refractivity contribution in [2.75, 3.05) is 11.4 Å². The smallest absolute Gasteiger partial charge is 0.227 e. The molecule has 5 nitrogen and oxygen atoms in total. The van der Waals surface area contributed by atoms with Crippen LogP contribution in [0.3, 0.4) is 0 Å². The van der Waals surface area contributed by atoms with Crippen LogP contribution in [-0.4, -0.2) is 18.4 Å². The Morgan fingerprint density at radius 2 is 1.83 bits per heavy atom. The third kappa shape index (κ3) is 4.03. The van der Waals surface area contributed by atoms with Crippen molar-refractivity contribution >= 4 is 17.5 Å². The van der Waals surface area contributed by atoms with Crippen LogP contribution in [0.4, 0.5) is 14.5 Å². The molecule has 1 N–H and O–H groups in total. The Labute approximate surface area is 165 Å². The number of halogens is 2. The summed E-state index contributed by atoms with van der Waals surface area (Å²) in [6.07, 6.45) is 0.0269. The van der Waals surface area contributed by atoms with Gasteiger partial charge in [0.15, 0.2) is 0 Å². The van der Waals surface area contributed by atoms with Gasteiger partial charge in [0.05, 0.1) is 18.2 Å². The van der Waals surface area contributed by atoms with E-state index in [0.717, 1.165) is 5.56 Å². The second-order valence-corrected chi connectivity index (χ2v) is 6.85. The highest BCUT2D eigenvalue weighted by atomic mass is 19.1. The Morgan fingerprint density at radius 3 is 2.59 bits per heavy atom. The summed E-state index contributed by atoms with van der Waals surface area (Å²) in [6, 6.07) is 15.4. The van der Waals surface area contributed by atoms with Gasteiger partial charge in [0.2, 0.25) is 11.8 Å². The molecular weight excluding hydrogens is 378 g/mol. The van der Waals surface area contributed by atoms with E-state index in [-0.39, 0.29) is 42.8 Å². The lowest BCUT2D eigenvalue weighted by Gasteiger charge is -2.17. The topological polar surface area (TPSA) is 62.6 Å². The quantitative estimate of drug-likeness (QED) is 0.712. The molecule has 0 saturated carbocycles. The minimum absolute atomic E-state index is 0.0269. The van der Waals surface area contributed by atoms with Crippen molar-refractivity contribution in [2.24, 2.45) is 5.92 Å². The number of para-hydroxylation sites is 1. The van der Waals surface area contributed by atoms with E-state index in [2.05, 4.69) is 5.32 Å². The molecule has 4 rings (SSSR count). The first-order chi connectivity index (χ1) is 14.0. The van der Waals surface area contributed by atoms with E-state index in [1.165, 1.54) is 29.2 Å². The standard InChI is InChI=1S/C22H18F2N2O3/c23-16-7-5-14(6-8-16)20-10-9-17(29-20)12-25-22(28)15-11-21(27)26(13-15)19-4-2-1-3-18(19)24/h1-10,15H,11-13H2,(H,25,28). The SMILES string of the molecule is O=C(NCc1ccc(-c2ccc(F)cc2)o1)C1CC(=O)N(c2ccccc2F)C1. The number of anilines is 1. The monoisotopic (exact) mass is 396 g/mol. The zero-order chi connectivity index (χ0) is 20.4. The molecule has 1 aliphatic heterocycles. The van der Waals surface area contributed by atoms with Crippen LogP contribution < -0.4 is 10.2 Å². The van der Waals surface area contributed by atoms with Gasteiger partial charge in [-0.05, 0) is 48.5 Å². The molecule has 1 aromatic heterocycles. The largest absolute Gasteiger partial charge is 0.459 e. The molecule has 1 aliphatic rings. The van der Waals surface area contributed by atoms with Crippen molar-refractivity contribution < 1.29 is 22.8 Å². The van der Waals surface area contributed by atoms with Crippen molar-refractivity contribution in [3.8, 4) is 11.3 Å². The summed E-state index contributed by atoms with van der Waals surface area (Å²) >= 11 is 0. The fraction of sp³-hybridized carbons (Fsp3) is 0.182. The Hall–Kier alpha value is -3.48. The second-order valence-electron chi connectivity index (χ2n) is 6.85. The molecule has 0 bridgehead atoms. The Kier molecular flexibility index (Phi) is 5.12. The van der Waals surface area contributed by atoms with Crippen molar-refractivity contribution in [3.05, 3.63) is 78.1 Å². The van der Waals surface area contributed by atoms with Crippen LogP contribution in [0, 0.1) is 17.6 Å². The Balaban J connectivity index is 1.36. The van der Waals surface area contributed by atoms with E-state index in [0.29, 0.717) is 11.5 Å². The number of carbonyl (C=O) groups excluding carboxylic acids is 2. The summed E-state index contributed by atoms with van der Waals surface area (Å²) in [6.45, 7) is 0.287. The third-order valence-electron chi connectivity index (χ3n) is 4.87. The minimum atomic E-state index is -0.561. The molecule has 0 aliphatic carbocycles. The lowest BCUT2D eigenvalue weighted by molar-refractivity contribution is -0.126. The van der Waals surface area contributed by atoms with Crippen LogP contribution >= 0.6 is 0 Å². The van der Waals surface area contributed by atoms with Gasteiger partial charge in [0, 0.05) is 18.5 Å². The van der Waals surface area contributed by atoms with E-state index in [9.17, 15) is 18.4 Å². The van der Waals surface area contributed by atoms with Crippen LogP contribution in [-0.2, 0) is 16.1 Å². The number of rotatable bonds is 5. The van der Waals surface area contributed by atoms with Gasteiger partial charge in [-0.15, -0.1) is 0 Å². The van der Waals surface area contributed by atoms with E-state index in [1.54, 1.807) is 36.4 Å². The molecule has 1 saturated heterocycles. The first-order valence-electron chi connectivity index (χ1n) is 9.18. The molecule has 0 radical (unpaired) electrons. The number of furan rings is 1. The molecule has 29 heavy (non-hydrogen) atoms. The highest BCUT2D eigenvalue weighted by Crippen LogP contribution is 2.27. The van der Waals surface area contributed by atoms with Crippen molar-refractivity contribution in [2.45, 2.75) is 13.0 Å². The summed E-state index contributed by atoms with van der Waals surface area (Å²) in [5.74, 6) is -0.865.